The van der Waals surface area contributed by atoms with E-state index in [4.69, 9.17) is 9.47 Å². The second kappa shape index (κ2) is 9.69. The first-order valence-corrected chi connectivity index (χ1v) is 11.5. The Morgan fingerprint density at radius 3 is 2.27 bits per heavy atom. The Labute approximate surface area is 195 Å². The lowest BCUT2D eigenvalue weighted by Crippen LogP contribution is -2.47. The lowest BCUT2D eigenvalue weighted by Gasteiger charge is -2.34. The van der Waals surface area contributed by atoms with Gasteiger partial charge in [0.05, 0.1) is 12.1 Å². The third-order valence-electron chi connectivity index (χ3n) is 5.90. The van der Waals surface area contributed by atoms with Gasteiger partial charge in [0.25, 0.3) is 5.91 Å². The molecule has 0 N–H and O–H groups in total. The minimum Gasteiger partial charge on any atom is -0.490 e. The smallest absolute Gasteiger partial charge is 0.410 e. The second-order valence-electron chi connectivity index (χ2n) is 9.64. The highest BCUT2D eigenvalue weighted by Gasteiger charge is 2.43. The first-order chi connectivity index (χ1) is 15.8. The van der Waals surface area contributed by atoms with Crippen LogP contribution in [-0.2, 0) is 27.3 Å². The van der Waals surface area contributed by atoms with Crippen LogP contribution in [0.3, 0.4) is 0 Å². The lowest BCUT2D eigenvalue weighted by molar-refractivity contribution is -0.128. The molecule has 0 spiro atoms. The highest BCUT2D eigenvalue weighted by molar-refractivity contribution is 5.92. The van der Waals surface area contributed by atoms with Gasteiger partial charge in [0.1, 0.15) is 18.0 Å². The maximum absolute atomic E-state index is 13.1. The molecule has 2 atom stereocenters. The summed E-state index contributed by atoms with van der Waals surface area (Å²) in [6.45, 7) is 7.23. The quantitative estimate of drug-likeness (QED) is 0.651. The van der Waals surface area contributed by atoms with E-state index >= 15 is 0 Å². The lowest BCUT2D eigenvalue weighted by atomic mass is 10.0. The Morgan fingerprint density at radius 2 is 1.64 bits per heavy atom. The van der Waals surface area contributed by atoms with Crippen molar-refractivity contribution in [1.82, 2.24) is 9.80 Å². The van der Waals surface area contributed by atoms with Crippen LogP contribution in [0.2, 0.25) is 0 Å². The molecule has 174 valence electrons. The second-order valence-corrected chi connectivity index (χ2v) is 9.64. The normalized spacial score (nSPS) is 20.7. The summed E-state index contributed by atoms with van der Waals surface area (Å²) in [6, 6.07) is 19.5. The molecule has 2 amide bonds. The zero-order valence-corrected chi connectivity index (χ0v) is 19.6. The number of nitrogens with zero attached hydrogens (tertiary/aromatic N) is 2. The molecular weight excluding hydrogens is 416 g/mol. The molecule has 2 aromatic rings. The molecule has 1 fully saturated rings. The number of benzene rings is 2. The summed E-state index contributed by atoms with van der Waals surface area (Å²) >= 11 is 0. The molecule has 2 aromatic carbocycles. The molecular formula is C27H32N2O4. The number of carbonyl (C=O) groups is 2. The Morgan fingerprint density at radius 1 is 1.00 bits per heavy atom. The molecule has 6 heteroatoms. The number of hydrogen-bond acceptors (Lipinski definition) is 4. The van der Waals surface area contributed by atoms with Gasteiger partial charge in [0.15, 0.2) is 0 Å². The third kappa shape index (κ3) is 5.75. The van der Waals surface area contributed by atoms with Gasteiger partial charge in [0, 0.05) is 25.6 Å². The van der Waals surface area contributed by atoms with E-state index < -0.39 is 5.60 Å². The Hall–Kier alpha value is -3.28. The van der Waals surface area contributed by atoms with Crippen molar-refractivity contribution in [3.63, 3.8) is 0 Å². The van der Waals surface area contributed by atoms with E-state index in [9.17, 15) is 9.59 Å². The van der Waals surface area contributed by atoms with E-state index in [0.29, 0.717) is 31.7 Å². The Bertz CT molecular complexity index is 998. The van der Waals surface area contributed by atoms with Gasteiger partial charge in [-0.05, 0) is 38.3 Å². The van der Waals surface area contributed by atoms with Crippen LogP contribution in [0.15, 0.2) is 72.5 Å². The van der Waals surface area contributed by atoms with Crippen molar-refractivity contribution < 1.29 is 19.1 Å². The number of carbonyl (C=O) groups excluding carboxylic acids is 2. The van der Waals surface area contributed by atoms with Crippen molar-refractivity contribution in [2.24, 2.45) is 0 Å². The van der Waals surface area contributed by atoms with Crippen LogP contribution in [0, 0.1) is 0 Å². The highest BCUT2D eigenvalue weighted by atomic mass is 16.6. The van der Waals surface area contributed by atoms with Crippen molar-refractivity contribution >= 4 is 12.0 Å². The van der Waals surface area contributed by atoms with Crippen molar-refractivity contribution in [3.05, 3.63) is 83.6 Å². The van der Waals surface area contributed by atoms with Gasteiger partial charge in [-0.15, -0.1) is 0 Å². The predicted octanol–water partition coefficient (Wildman–Crippen LogP) is 4.55. The minimum atomic E-state index is -0.403. The van der Waals surface area contributed by atoms with Crippen LogP contribution in [0.4, 0.5) is 4.79 Å². The van der Waals surface area contributed by atoms with Gasteiger partial charge >= 0.3 is 6.09 Å². The molecule has 6 nitrogen and oxygen atoms in total. The summed E-state index contributed by atoms with van der Waals surface area (Å²) in [4.78, 5) is 29.3. The minimum absolute atomic E-state index is 0.0558. The van der Waals surface area contributed by atoms with Gasteiger partial charge in [-0.2, -0.15) is 0 Å². The monoisotopic (exact) mass is 448 g/mol. The summed E-state index contributed by atoms with van der Waals surface area (Å²) in [5, 5.41) is 0. The third-order valence-corrected chi connectivity index (χ3v) is 5.90. The molecule has 0 unspecified atom stereocenters. The molecule has 0 aromatic heterocycles. The first-order valence-electron chi connectivity index (χ1n) is 11.5. The average Bonchev–Trinajstić information content (AvgIpc) is 3.37. The molecule has 0 radical (unpaired) electrons. The van der Waals surface area contributed by atoms with Crippen molar-refractivity contribution in [3.8, 4) is 0 Å². The van der Waals surface area contributed by atoms with Gasteiger partial charge in [-0.25, -0.2) is 4.79 Å². The number of likely N-dealkylation sites (tertiary alicyclic amines) is 1. The molecule has 2 heterocycles. The zero-order chi connectivity index (χ0) is 23.4. The molecule has 33 heavy (non-hydrogen) atoms. The molecule has 2 aliphatic heterocycles. The number of hydrogen-bond donors (Lipinski definition) is 0. The highest BCUT2D eigenvalue weighted by Crippen LogP contribution is 2.32. The van der Waals surface area contributed by atoms with Gasteiger partial charge in [-0.1, -0.05) is 60.7 Å². The van der Waals surface area contributed by atoms with E-state index in [0.717, 1.165) is 11.1 Å². The fraction of sp³-hybridized carbons (Fsp3) is 0.407. The van der Waals surface area contributed by atoms with E-state index in [1.807, 2.05) is 74.2 Å². The van der Waals surface area contributed by atoms with Crippen LogP contribution in [0.1, 0.15) is 38.3 Å². The molecule has 0 saturated carbocycles. The predicted molar refractivity (Wildman–Crippen MR) is 126 cm³/mol. The molecule has 0 bridgehead atoms. The van der Waals surface area contributed by atoms with E-state index in [-0.39, 0.29) is 30.7 Å². The van der Waals surface area contributed by atoms with Gasteiger partial charge < -0.3 is 19.3 Å². The average molecular weight is 449 g/mol. The van der Waals surface area contributed by atoms with Gasteiger partial charge in [-0.3, -0.25) is 4.79 Å². The first kappa shape index (κ1) is 22.9. The van der Waals surface area contributed by atoms with Crippen LogP contribution < -0.4 is 0 Å². The van der Waals surface area contributed by atoms with Crippen molar-refractivity contribution in [2.45, 2.75) is 57.9 Å². The Kier molecular flexibility index (Phi) is 6.72. The van der Waals surface area contributed by atoms with Crippen LogP contribution >= 0.6 is 0 Å². The van der Waals surface area contributed by atoms with Crippen molar-refractivity contribution in [2.75, 3.05) is 13.1 Å². The summed E-state index contributed by atoms with van der Waals surface area (Å²) in [5.74, 6) is 0.640. The van der Waals surface area contributed by atoms with E-state index in [1.165, 1.54) is 0 Å². The fourth-order valence-electron chi connectivity index (χ4n) is 4.45. The maximum Gasteiger partial charge on any atom is 0.410 e. The largest absolute Gasteiger partial charge is 0.490 e. The molecule has 0 aliphatic carbocycles. The van der Waals surface area contributed by atoms with Crippen LogP contribution in [0.25, 0.3) is 0 Å². The van der Waals surface area contributed by atoms with Crippen LogP contribution in [-0.4, -0.2) is 52.6 Å². The SMILES string of the molecule is CC(C)(C)OC1=CC(=O)N([C@H]2CCN(C(=O)OCc3ccccc3)C2)[C@H]1Cc1ccccc1. The fourth-order valence-corrected chi connectivity index (χ4v) is 4.45. The summed E-state index contributed by atoms with van der Waals surface area (Å²) in [7, 11) is 0. The van der Waals surface area contributed by atoms with Crippen molar-refractivity contribution in [1.29, 1.82) is 0 Å². The summed E-state index contributed by atoms with van der Waals surface area (Å²) < 4.78 is 11.7. The molecule has 4 rings (SSSR count). The van der Waals surface area contributed by atoms with E-state index in [1.54, 1.807) is 11.0 Å². The topological polar surface area (TPSA) is 59.1 Å². The summed E-state index contributed by atoms with van der Waals surface area (Å²) in [5.41, 5.74) is 1.69. The number of amides is 2. The molecule has 2 aliphatic rings. The van der Waals surface area contributed by atoms with Gasteiger partial charge in [0.2, 0.25) is 0 Å². The molecule has 1 saturated heterocycles. The standard InChI is InChI=1S/C27H32N2O4/c1-27(2,3)33-24-17-25(30)29(23(24)16-20-10-6-4-7-11-20)22-14-15-28(18-22)26(31)32-19-21-12-8-5-9-13-21/h4-13,17,22-23H,14-16,18-19H2,1-3H3/t22-,23-/m0/s1. The van der Waals surface area contributed by atoms with Crippen LogP contribution in [0.5, 0.6) is 0 Å². The zero-order valence-electron chi connectivity index (χ0n) is 19.6. The number of rotatable bonds is 6. The maximum atomic E-state index is 13.1. The summed E-state index contributed by atoms with van der Waals surface area (Å²) in [6.07, 6.45) is 2.67. The Balaban J connectivity index is 1.44. The number of ether oxygens (including phenoxy) is 2. The van der Waals surface area contributed by atoms with E-state index in [2.05, 4.69) is 12.1 Å².